The highest BCUT2D eigenvalue weighted by Gasteiger charge is 2.07. The Hall–Kier alpha value is -0.190. The lowest BCUT2D eigenvalue weighted by Crippen LogP contribution is -2.31. The van der Waals surface area contributed by atoms with Crippen molar-refractivity contribution in [2.45, 2.75) is 52.4 Å². The first kappa shape index (κ1) is 23.1. The Morgan fingerprint density at radius 1 is 0.810 bits per heavy atom. The normalized spacial score (nSPS) is 19.1. The molecule has 2 aliphatic heterocycles. The fourth-order valence-electron chi connectivity index (χ4n) is 2.35. The number of rotatable bonds is 2. The number of halogens is 1. The van der Waals surface area contributed by atoms with Gasteiger partial charge in [0.2, 0.25) is 0 Å². The van der Waals surface area contributed by atoms with Crippen LogP contribution in [0.25, 0.3) is 0 Å². The van der Waals surface area contributed by atoms with Crippen LogP contribution in [0.4, 0.5) is 4.39 Å². The third-order valence-corrected chi connectivity index (χ3v) is 3.43. The van der Waals surface area contributed by atoms with Crippen molar-refractivity contribution in [3.8, 4) is 0 Å². The van der Waals surface area contributed by atoms with E-state index < -0.39 is 0 Å². The standard InChI is InChI=1S/C7H14FN.C6H13N.C2H7N.C2H6/c8-4-7-9-5-2-1-3-6-9;1-7-5-3-2-4-6-7;1-3-2;1-2/h1-7H2;2-6H2,1H3;3H,1-2H3;1-2H3. The molecular weight excluding hydrogens is 265 g/mol. The second kappa shape index (κ2) is 19.8. The molecule has 2 fully saturated rings. The Bertz CT molecular complexity index is 165. The topological polar surface area (TPSA) is 18.5 Å². The summed E-state index contributed by atoms with van der Waals surface area (Å²) in [5.74, 6) is 0. The van der Waals surface area contributed by atoms with E-state index in [1.54, 1.807) is 0 Å². The Balaban J connectivity index is 0. The van der Waals surface area contributed by atoms with Gasteiger partial charge in [0.1, 0.15) is 6.67 Å². The molecule has 4 heteroatoms. The van der Waals surface area contributed by atoms with Gasteiger partial charge in [0.05, 0.1) is 0 Å². The van der Waals surface area contributed by atoms with Crippen molar-refractivity contribution in [3.63, 3.8) is 0 Å². The summed E-state index contributed by atoms with van der Waals surface area (Å²) in [5, 5.41) is 2.75. The molecule has 0 aromatic carbocycles. The summed E-state index contributed by atoms with van der Waals surface area (Å²) in [4.78, 5) is 4.59. The van der Waals surface area contributed by atoms with Crippen LogP contribution < -0.4 is 5.32 Å². The van der Waals surface area contributed by atoms with Crippen molar-refractivity contribution < 1.29 is 4.39 Å². The van der Waals surface area contributed by atoms with Crippen LogP contribution in [0.3, 0.4) is 0 Å². The largest absolute Gasteiger partial charge is 0.323 e. The van der Waals surface area contributed by atoms with Crippen LogP contribution in [0.15, 0.2) is 0 Å². The lowest BCUT2D eigenvalue weighted by atomic mass is 10.1. The van der Waals surface area contributed by atoms with Crippen LogP contribution in [0.1, 0.15) is 52.4 Å². The lowest BCUT2D eigenvalue weighted by molar-refractivity contribution is 0.211. The zero-order chi connectivity index (χ0) is 16.3. The molecule has 0 unspecified atom stereocenters. The van der Waals surface area contributed by atoms with Gasteiger partial charge in [-0.05, 0) is 73.0 Å². The van der Waals surface area contributed by atoms with E-state index in [4.69, 9.17) is 0 Å². The van der Waals surface area contributed by atoms with Crippen LogP contribution in [-0.2, 0) is 0 Å². The van der Waals surface area contributed by atoms with Gasteiger partial charge >= 0.3 is 0 Å². The maximum atomic E-state index is 11.7. The van der Waals surface area contributed by atoms with Gasteiger partial charge in [0.15, 0.2) is 0 Å². The van der Waals surface area contributed by atoms with E-state index >= 15 is 0 Å². The molecule has 0 aromatic heterocycles. The first-order valence-corrected chi connectivity index (χ1v) is 8.80. The van der Waals surface area contributed by atoms with E-state index in [1.165, 1.54) is 51.6 Å². The van der Waals surface area contributed by atoms with E-state index in [0.29, 0.717) is 6.54 Å². The monoisotopic (exact) mass is 305 g/mol. The minimum absolute atomic E-state index is 0.181. The van der Waals surface area contributed by atoms with Gasteiger partial charge in [-0.2, -0.15) is 0 Å². The van der Waals surface area contributed by atoms with E-state index in [-0.39, 0.29) is 6.67 Å². The Labute approximate surface area is 133 Å². The molecule has 2 rings (SSSR count). The van der Waals surface area contributed by atoms with Gasteiger partial charge in [0.25, 0.3) is 0 Å². The fraction of sp³-hybridized carbons (Fsp3) is 1.00. The third-order valence-electron chi connectivity index (χ3n) is 3.43. The molecule has 0 saturated carbocycles. The smallest absolute Gasteiger partial charge is 0.102 e. The second-order valence-electron chi connectivity index (χ2n) is 5.46. The van der Waals surface area contributed by atoms with Crippen molar-refractivity contribution in [1.82, 2.24) is 15.1 Å². The maximum absolute atomic E-state index is 11.7. The number of nitrogens with zero attached hydrogens (tertiary/aromatic N) is 2. The number of alkyl halides is 1. The molecular formula is C17H40FN3. The second-order valence-corrected chi connectivity index (χ2v) is 5.46. The SMILES string of the molecule is CC.CN1CCCCC1.CNC.FCCN1CCCCC1. The first-order chi connectivity index (χ1) is 10.2. The summed E-state index contributed by atoms with van der Waals surface area (Å²) < 4.78 is 11.7. The zero-order valence-electron chi connectivity index (χ0n) is 15.3. The molecule has 0 aliphatic carbocycles. The number of hydrogen-bond donors (Lipinski definition) is 1. The number of nitrogens with one attached hydrogen (secondary N) is 1. The highest BCUT2D eigenvalue weighted by Crippen LogP contribution is 2.07. The van der Waals surface area contributed by atoms with Gasteiger partial charge in [-0.15, -0.1) is 0 Å². The minimum Gasteiger partial charge on any atom is -0.323 e. The molecule has 0 amide bonds. The summed E-state index contributed by atoms with van der Waals surface area (Å²) in [7, 11) is 5.94. The van der Waals surface area contributed by atoms with Crippen molar-refractivity contribution in [2.24, 2.45) is 0 Å². The average molecular weight is 306 g/mol. The molecule has 1 N–H and O–H groups in total. The van der Waals surface area contributed by atoms with Crippen LogP contribution in [-0.4, -0.2) is 70.3 Å². The van der Waals surface area contributed by atoms with Crippen molar-refractivity contribution in [2.75, 3.05) is 60.5 Å². The summed E-state index contributed by atoms with van der Waals surface area (Å²) in [6.07, 6.45) is 8.14. The zero-order valence-corrected chi connectivity index (χ0v) is 15.3. The van der Waals surface area contributed by atoms with Crippen molar-refractivity contribution in [1.29, 1.82) is 0 Å². The lowest BCUT2D eigenvalue weighted by Gasteiger charge is -2.24. The molecule has 0 bridgehead atoms. The van der Waals surface area contributed by atoms with Crippen molar-refractivity contribution in [3.05, 3.63) is 0 Å². The third kappa shape index (κ3) is 17.8. The van der Waals surface area contributed by atoms with Crippen molar-refractivity contribution >= 4 is 0 Å². The molecule has 2 aliphatic rings. The fourth-order valence-corrected chi connectivity index (χ4v) is 2.35. The van der Waals surface area contributed by atoms with Gasteiger partial charge in [-0.25, -0.2) is 4.39 Å². The predicted octanol–water partition coefficient (Wildman–Crippen LogP) is 3.41. The van der Waals surface area contributed by atoms with Gasteiger partial charge < -0.3 is 15.1 Å². The molecule has 3 nitrogen and oxygen atoms in total. The van der Waals surface area contributed by atoms with Gasteiger partial charge in [0, 0.05) is 6.54 Å². The van der Waals surface area contributed by atoms with Crippen LogP contribution >= 0.6 is 0 Å². The minimum atomic E-state index is -0.181. The molecule has 130 valence electrons. The molecule has 0 spiro atoms. The average Bonchev–Trinajstić information content (AvgIpc) is 2.53. The number of piperidine rings is 2. The van der Waals surface area contributed by atoms with E-state index in [0.717, 1.165) is 13.1 Å². The maximum Gasteiger partial charge on any atom is 0.102 e. The Kier molecular flexibility index (Phi) is 21.8. The quantitative estimate of drug-likeness (QED) is 0.843. The van der Waals surface area contributed by atoms with E-state index in [1.807, 2.05) is 27.9 Å². The van der Waals surface area contributed by atoms with Crippen LogP contribution in [0.2, 0.25) is 0 Å². The Morgan fingerprint density at radius 2 is 1.19 bits per heavy atom. The number of hydrogen-bond acceptors (Lipinski definition) is 3. The molecule has 0 radical (unpaired) electrons. The summed E-state index contributed by atoms with van der Waals surface area (Å²) in [5.41, 5.74) is 0. The molecule has 21 heavy (non-hydrogen) atoms. The highest BCUT2D eigenvalue weighted by molar-refractivity contribution is 4.63. The first-order valence-electron chi connectivity index (χ1n) is 8.80. The van der Waals surface area contributed by atoms with E-state index in [9.17, 15) is 4.39 Å². The predicted molar refractivity (Wildman–Crippen MR) is 93.9 cm³/mol. The molecule has 0 atom stereocenters. The highest BCUT2D eigenvalue weighted by atomic mass is 19.1. The van der Waals surface area contributed by atoms with Crippen LogP contribution in [0.5, 0.6) is 0 Å². The van der Waals surface area contributed by atoms with E-state index in [2.05, 4.69) is 22.2 Å². The Morgan fingerprint density at radius 3 is 1.48 bits per heavy atom. The molecule has 2 saturated heterocycles. The van der Waals surface area contributed by atoms with Gasteiger partial charge in [-0.1, -0.05) is 26.7 Å². The summed E-state index contributed by atoms with van der Waals surface area (Å²) in [6, 6.07) is 0. The number of likely N-dealkylation sites (tertiary alicyclic amines) is 2. The van der Waals surface area contributed by atoms with Crippen LogP contribution in [0, 0.1) is 0 Å². The van der Waals surface area contributed by atoms with Gasteiger partial charge in [-0.3, -0.25) is 0 Å². The molecule has 0 aromatic rings. The summed E-state index contributed by atoms with van der Waals surface area (Å²) >= 11 is 0. The summed E-state index contributed by atoms with van der Waals surface area (Å²) in [6.45, 7) is 9.34. The molecule has 2 heterocycles.